The molecule has 0 radical (unpaired) electrons. The van der Waals surface area contributed by atoms with Gasteiger partial charge in [0, 0.05) is 11.1 Å². The van der Waals surface area contributed by atoms with Gasteiger partial charge in [0.1, 0.15) is 4.90 Å². The van der Waals surface area contributed by atoms with Gasteiger partial charge in [-0.25, -0.2) is 0 Å². The van der Waals surface area contributed by atoms with E-state index in [1.807, 2.05) is 0 Å². The smallest absolute Gasteiger partial charge is 0.871 e. The normalized spacial score (nSPS) is 11.6. The maximum Gasteiger partial charge on any atom is 1.00 e. The van der Waals surface area contributed by atoms with Gasteiger partial charge < -0.3 is 10.8 Å². The first kappa shape index (κ1) is 19.4. The summed E-state index contributed by atoms with van der Waals surface area (Å²) in [6.07, 6.45) is 0. The van der Waals surface area contributed by atoms with Crippen molar-refractivity contribution in [1.29, 1.82) is 0 Å². The SMILES string of the molecule is Nc1ccc(N=Nc2ccc3c(S(=O)(=O)O)cccc3c2[O-])cc1.[Na+]. The van der Waals surface area contributed by atoms with Crippen LogP contribution in [0.4, 0.5) is 17.1 Å². The second kappa shape index (κ2) is 7.51. The third-order valence-corrected chi connectivity index (χ3v) is 4.31. The molecule has 3 aromatic carbocycles. The number of rotatable bonds is 3. The topological polar surface area (TPSA) is 128 Å². The summed E-state index contributed by atoms with van der Waals surface area (Å²) in [6.45, 7) is 0. The summed E-state index contributed by atoms with van der Waals surface area (Å²) in [5.74, 6) is -0.475. The summed E-state index contributed by atoms with van der Waals surface area (Å²) in [5.41, 5.74) is 6.75. The fraction of sp³-hybridized carbons (Fsp3) is 0. The molecule has 0 aliphatic rings. The van der Waals surface area contributed by atoms with Gasteiger partial charge >= 0.3 is 29.6 Å². The third kappa shape index (κ3) is 4.17. The Morgan fingerprint density at radius 1 is 0.920 bits per heavy atom. The monoisotopic (exact) mass is 365 g/mol. The molecule has 0 amide bonds. The Kier molecular flexibility index (Phi) is 5.81. The molecule has 0 bridgehead atoms. The molecular weight excluding hydrogens is 353 g/mol. The van der Waals surface area contributed by atoms with Crippen molar-refractivity contribution in [2.24, 2.45) is 10.2 Å². The van der Waals surface area contributed by atoms with Crippen LogP contribution in [0.15, 0.2) is 69.7 Å². The molecule has 9 heteroatoms. The number of nitrogens with two attached hydrogens (primary N) is 1. The summed E-state index contributed by atoms with van der Waals surface area (Å²) in [4.78, 5) is -0.320. The molecule has 3 N–H and O–H groups in total. The molecule has 7 nitrogen and oxygen atoms in total. The Balaban J connectivity index is 0.00000225. The summed E-state index contributed by atoms with van der Waals surface area (Å²) < 4.78 is 32.0. The van der Waals surface area contributed by atoms with E-state index in [4.69, 9.17) is 5.73 Å². The van der Waals surface area contributed by atoms with Crippen LogP contribution in [0.1, 0.15) is 0 Å². The molecule has 0 saturated heterocycles. The molecule has 0 aromatic heterocycles. The molecule has 0 atom stereocenters. The Morgan fingerprint density at radius 2 is 1.60 bits per heavy atom. The molecule has 0 saturated carbocycles. The van der Waals surface area contributed by atoms with Crippen LogP contribution in [-0.4, -0.2) is 13.0 Å². The van der Waals surface area contributed by atoms with Gasteiger partial charge in [-0.3, -0.25) is 4.55 Å². The van der Waals surface area contributed by atoms with Crippen LogP contribution >= 0.6 is 0 Å². The van der Waals surface area contributed by atoms with Crippen LogP contribution < -0.4 is 40.4 Å². The summed E-state index contributed by atoms with van der Waals surface area (Å²) in [6, 6.07) is 13.5. The zero-order valence-corrected chi connectivity index (χ0v) is 16.1. The first-order chi connectivity index (χ1) is 11.4. The van der Waals surface area contributed by atoms with Gasteiger partial charge in [-0.2, -0.15) is 18.6 Å². The molecule has 122 valence electrons. The second-order valence-electron chi connectivity index (χ2n) is 5.03. The Labute approximate surface area is 166 Å². The van der Waals surface area contributed by atoms with E-state index in [2.05, 4.69) is 10.2 Å². The van der Waals surface area contributed by atoms with E-state index in [0.29, 0.717) is 11.4 Å². The Hall–Kier alpha value is -1.97. The number of azo groups is 1. The van der Waals surface area contributed by atoms with Crippen LogP contribution in [0, 0.1) is 0 Å². The minimum absolute atomic E-state index is 0. The second-order valence-corrected chi connectivity index (χ2v) is 6.42. The number of benzene rings is 3. The number of nitrogen functional groups attached to an aromatic ring is 1. The maximum atomic E-state index is 12.4. The van der Waals surface area contributed by atoms with Crippen molar-refractivity contribution in [3.05, 3.63) is 54.6 Å². The first-order valence-electron chi connectivity index (χ1n) is 6.84. The van der Waals surface area contributed by atoms with Crippen molar-refractivity contribution < 1.29 is 47.6 Å². The van der Waals surface area contributed by atoms with Crippen molar-refractivity contribution in [2.75, 3.05) is 5.73 Å². The van der Waals surface area contributed by atoms with Gasteiger partial charge in [0.15, 0.2) is 0 Å². The zero-order valence-electron chi connectivity index (χ0n) is 13.2. The predicted molar refractivity (Wildman–Crippen MR) is 88.2 cm³/mol. The molecule has 0 fully saturated rings. The standard InChI is InChI=1S/C16H13N3O4S.Na/c17-10-4-6-11(7-5-10)18-19-14-9-8-12-13(16(14)20)2-1-3-15(12)24(21,22)23;/h1-9,20H,17H2,(H,21,22,23);/q;+1/p-1. The van der Waals surface area contributed by atoms with Gasteiger partial charge in [0.05, 0.1) is 11.4 Å². The van der Waals surface area contributed by atoms with Gasteiger partial charge in [0.2, 0.25) is 0 Å². The molecule has 0 aliphatic carbocycles. The fourth-order valence-electron chi connectivity index (χ4n) is 2.25. The van der Waals surface area contributed by atoms with Crippen molar-refractivity contribution in [2.45, 2.75) is 4.90 Å². The Bertz CT molecular complexity index is 1050. The minimum atomic E-state index is -4.42. The number of fused-ring (bicyclic) bond motifs is 1. The van der Waals surface area contributed by atoms with E-state index in [9.17, 15) is 18.1 Å². The van der Waals surface area contributed by atoms with Gasteiger partial charge in [-0.05, 0) is 41.8 Å². The zero-order chi connectivity index (χ0) is 17.3. The number of hydrogen-bond donors (Lipinski definition) is 2. The largest absolute Gasteiger partial charge is 1.00 e. The van der Waals surface area contributed by atoms with Gasteiger partial charge in [0.25, 0.3) is 10.1 Å². The third-order valence-electron chi connectivity index (χ3n) is 3.40. The van der Waals surface area contributed by atoms with Crippen molar-refractivity contribution in [3.8, 4) is 5.75 Å². The van der Waals surface area contributed by atoms with E-state index in [1.54, 1.807) is 24.3 Å². The molecule has 0 aliphatic heterocycles. The fourth-order valence-corrected chi connectivity index (χ4v) is 2.95. The van der Waals surface area contributed by atoms with Crippen molar-refractivity contribution in [1.82, 2.24) is 0 Å². The quantitative estimate of drug-likeness (QED) is 0.296. The van der Waals surface area contributed by atoms with Crippen LogP contribution in [0.5, 0.6) is 5.75 Å². The number of anilines is 1. The summed E-state index contributed by atoms with van der Waals surface area (Å²) >= 11 is 0. The van der Waals surface area contributed by atoms with Gasteiger partial charge in [-0.15, -0.1) is 0 Å². The van der Waals surface area contributed by atoms with Crippen LogP contribution in [0.3, 0.4) is 0 Å². The molecule has 3 aromatic rings. The molecule has 25 heavy (non-hydrogen) atoms. The van der Waals surface area contributed by atoms with Crippen LogP contribution in [0.25, 0.3) is 10.8 Å². The average molecular weight is 365 g/mol. The van der Waals surface area contributed by atoms with Gasteiger partial charge in [-0.1, -0.05) is 23.9 Å². The van der Waals surface area contributed by atoms with Crippen molar-refractivity contribution >= 4 is 38.0 Å². The predicted octanol–water partition coefficient (Wildman–Crippen LogP) is 0.162. The summed E-state index contributed by atoms with van der Waals surface area (Å²) in [5, 5.41) is 20.6. The van der Waals surface area contributed by atoms with E-state index in [1.165, 1.54) is 30.3 Å². The number of hydrogen-bond acceptors (Lipinski definition) is 6. The van der Waals surface area contributed by atoms with E-state index in [-0.39, 0.29) is 50.9 Å². The molecule has 3 rings (SSSR count). The molecule has 0 unspecified atom stereocenters. The number of nitrogens with zero attached hydrogens (tertiary/aromatic N) is 2. The van der Waals surface area contributed by atoms with Crippen molar-refractivity contribution in [3.63, 3.8) is 0 Å². The van der Waals surface area contributed by atoms with Crippen LogP contribution in [0.2, 0.25) is 0 Å². The molecular formula is C16H12N3NaO4S. The summed E-state index contributed by atoms with van der Waals surface area (Å²) in [7, 11) is -4.42. The molecule has 0 spiro atoms. The molecule has 0 heterocycles. The average Bonchev–Trinajstić information content (AvgIpc) is 2.54. The Morgan fingerprint density at radius 3 is 2.24 bits per heavy atom. The van der Waals surface area contributed by atoms with E-state index < -0.39 is 15.9 Å². The van der Waals surface area contributed by atoms with E-state index in [0.717, 1.165) is 0 Å². The minimum Gasteiger partial charge on any atom is -0.871 e. The maximum absolute atomic E-state index is 12.4. The van der Waals surface area contributed by atoms with E-state index >= 15 is 0 Å². The first-order valence-corrected chi connectivity index (χ1v) is 8.28. The van der Waals surface area contributed by atoms with Crippen LogP contribution in [-0.2, 0) is 10.1 Å².